The number of amides is 1. The van der Waals surface area contributed by atoms with E-state index in [2.05, 4.69) is 15.3 Å². The fourth-order valence-electron chi connectivity index (χ4n) is 1.19. The van der Waals surface area contributed by atoms with Crippen LogP contribution in [0.5, 0.6) is 0 Å². The third-order valence-electron chi connectivity index (χ3n) is 1.76. The second-order valence-electron chi connectivity index (χ2n) is 2.52. The van der Waals surface area contributed by atoms with Crippen LogP contribution in [-0.4, -0.2) is 16.4 Å². The van der Waals surface area contributed by atoms with E-state index in [1.54, 1.807) is 12.3 Å². The molecule has 1 aromatic carbocycles. The molecule has 0 unspecified atom stereocenters. The summed E-state index contributed by atoms with van der Waals surface area (Å²) in [7, 11) is 0. The summed E-state index contributed by atoms with van der Waals surface area (Å²) < 4.78 is 0. The van der Waals surface area contributed by atoms with Crippen molar-refractivity contribution in [1.82, 2.24) is 9.97 Å². The number of anilines is 1. The molecule has 1 aromatic heterocycles. The quantitative estimate of drug-likeness (QED) is 0.694. The summed E-state index contributed by atoms with van der Waals surface area (Å²) in [4.78, 5) is 18.2. The van der Waals surface area contributed by atoms with Crippen molar-refractivity contribution < 1.29 is 4.79 Å². The summed E-state index contributed by atoms with van der Waals surface area (Å²) >= 11 is 0. The van der Waals surface area contributed by atoms with Crippen LogP contribution in [0.1, 0.15) is 0 Å². The van der Waals surface area contributed by atoms with Crippen molar-refractivity contribution in [1.29, 1.82) is 0 Å². The van der Waals surface area contributed by atoms with Crippen LogP contribution < -0.4 is 5.32 Å². The maximum absolute atomic E-state index is 10.3. The van der Waals surface area contributed by atoms with Gasteiger partial charge in [-0.1, -0.05) is 6.07 Å². The number of carbonyl (C=O) groups excluding carboxylic acids is 1. The number of aromatic nitrogens is 2. The molecule has 0 saturated heterocycles. The lowest BCUT2D eigenvalue weighted by Crippen LogP contribution is -1.95. The maximum Gasteiger partial charge on any atom is 0.211 e. The van der Waals surface area contributed by atoms with Gasteiger partial charge in [-0.2, -0.15) is 0 Å². The number of benzene rings is 1. The number of carbonyl (C=O) groups is 1. The highest BCUT2D eigenvalue weighted by Gasteiger charge is 1.98. The molecule has 4 nitrogen and oxygen atoms in total. The largest absolute Gasteiger partial charge is 0.328 e. The number of nitrogens with one attached hydrogen (secondary N) is 1. The molecule has 0 saturated carbocycles. The first kappa shape index (κ1) is 7.67. The van der Waals surface area contributed by atoms with Crippen molar-refractivity contribution >= 4 is 23.0 Å². The van der Waals surface area contributed by atoms with Crippen molar-refractivity contribution in [3.05, 3.63) is 30.7 Å². The van der Waals surface area contributed by atoms with Gasteiger partial charge in [0.2, 0.25) is 6.41 Å². The average molecular weight is 173 g/mol. The zero-order chi connectivity index (χ0) is 9.10. The molecule has 13 heavy (non-hydrogen) atoms. The molecule has 0 bridgehead atoms. The number of hydrogen-bond donors (Lipinski definition) is 1. The van der Waals surface area contributed by atoms with Crippen molar-refractivity contribution in [2.45, 2.75) is 0 Å². The van der Waals surface area contributed by atoms with E-state index in [1.807, 2.05) is 12.1 Å². The molecule has 0 spiro atoms. The van der Waals surface area contributed by atoms with Gasteiger partial charge in [-0.15, -0.1) is 0 Å². The molecular formula is C9H7N3O. The molecule has 0 aliphatic rings. The van der Waals surface area contributed by atoms with Gasteiger partial charge in [0, 0.05) is 11.6 Å². The number of nitrogens with zero attached hydrogens (tertiary/aromatic N) is 2. The molecule has 0 aliphatic heterocycles. The summed E-state index contributed by atoms with van der Waals surface area (Å²) in [6, 6.07) is 5.51. The number of hydrogen-bond acceptors (Lipinski definition) is 3. The molecule has 0 aliphatic carbocycles. The van der Waals surface area contributed by atoms with Gasteiger partial charge in [-0.3, -0.25) is 4.79 Å². The second kappa shape index (κ2) is 3.18. The Labute approximate surface area is 74.6 Å². The van der Waals surface area contributed by atoms with Crippen LogP contribution in [0.3, 0.4) is 0 Å². The molecule has 1 heterocycles. The van der Waals surface area contributed by atoms with Crippen LogP contribution in [0.15, 0.2) is 30.7 Å². The minimum atomic E-state index is 0.641. The summed E-state index contributed by atoms with van der Waals surface area (Å²) in [6.45, 7) is 0. The van der Waals surface area contributed by atoms with Gasteiger partial charge in [0.15, 0.2) is 0 Å². The highest BCUT2D eigenvalue weighted by molar-refractivity contribution is 5.94. The van der Waals surface area contributed by atoms with Crippen LogP contribution in [0.25, 0.3) is 10.9 Å². The van der Waals surface area contributed by atoms with E-state index in [-0.39, 0.29) is 0 Å². The van der Waals surface area contributed by atoms with E-state index in [0.29, 0.717) is 6.41 Å². The lowest BCUT2D eigenvalue weighted by Gasteiger charge is -2.01. The van der Waals surface area contributed by atoms with E-state index >= 15 is 0 Å². The number of fused-ring (bicyclic) bond motifs is 1. The standard InChI is InChI=1S/C9H7N3O/c13-6-12-9-3-1-2-8-7(9)4-10-5-11-8/h1-6H,(H,12,13). The van der Waals surface area contributed by atoms with E-state index in [4.69, 9.17) is 0 Å². The first-order chi connectivity index (χ1) is 6.42. The fraction of sp³-hybridized carbons (Fsp3) is 0. The molecule has 1 amide bonds. The molecule has 2 rings (SSSR count). The summed E-state index contributed by atoms with van der Waals surface area (Å²) in [6.07, 6.45) is 3.79. The molecular weight excluding hydrogens is 166 g/mol. The van der Waals surface area contributed by atoms with Crippen molar-refractivity contribution in [3.8, 4) is 0 Å². The molecule has 0 radical (unpaired) electrons. The topological polar surface area (TPSA) is 54.9 Å². The van der Waals surface area contributed by atoms with Crippen molar-refractivity contribution in [3.63, 3.8) is 0 Å². The van der Waals surface area contributed by atoms with Crippen molar-refractivity contribution in [2.24, 2.45) is 0 Å². The Kier molecular flexibility index (Phi) is 1.88. The molecule has 4 heteroatoms. The van der Waals surface area contributed by atoms with Gasteiger partial charge in [-0.05, 0) is 12.1 Å². The first-order valence-electron chi connectivity index (χ1n) is 3.81. The number of rotatable bonds is 2. The lowest BCUT2D eigenvalue weighted by molar-refractivity contribution is -0.105. The van der Waals surface area contributed by atoms with Crippen LogP contribution in [0.2, 0.25) is 0 Å². The second-order valence-corrected chi connectivity index (χ2v) is 2.52. The average Bonchev–Trinajstić information content (AvgIpc) is 2.19. The monoisotopic (exact) mass is 173 g/mol. The Balaban J connectivity index is 2.68. The van der Waals surface area contributed by atoms with Gasteiger partial charge in [-0.25, -0.2) is 9.97 Å². The highest BCUT2D eigenvalue weighted by Crippen LogP contribution is 2.19. The summed E-state index contributed by atoms with van der Waals surface area (Å²) in [5, 5.41) is 3.43. The Bertz CT molecular complexity index is 436. The molecule has 2 aromatic rings. The third kappa shape index (κ3) is 1.33. The SMILES string of the molecule is O=CNc1cccc2ncncc12. The molecule has 0 atom stereocenters. The molecule has 0 fully saturated rings. The third-order valence-corrected chi connectivity index (χ3v) is 1.76. The van der Waals surface area contributed by atoms with Crippen LogP contribution >= 0.6 is 0 Å². The van der Waals surface area contributed by atoms with E-state index < -0.39 is 0 Å². The fourth-order valence-corrected chi connectivity index (χ4v) is 1.19. The van der Waals surface area contributed by atoms with E-state index in [0.717, 1.165) is 16.6 Å². The zero-order valence-corrected chi connectivity index (χ0v) is 6.77. The van der Waals surface area contributed by atoms with Crippen LogP contribution in [0.4, 0.5) is 5.69 Å². The van der Waals surface area contributed by atoms with Crippen molar-refractivity contribution in [2.75, 3.05) is 5.32 Å². The van der Waals surface area contributed by atoms with Gasteiger partial charge in [0.05, 0.1) is 11.2 Å². The highest BCUT2D eigenvalue weighted by atomic mass is 16.1. The Morgan fingerprint density at radius 2 is 2.31 bits per heavy atom. The zero-order valence-electron chi connectivity index (χ0n) is 6.77. The minimum Gasteiger partial charge on any atom is -0.328 e. The smallest absolute Gasteiger partial charge is 0.211 e. The van der Waals surface area contributed by atoms with Crippen LogP contribution in [0, 0.1) is 0 Å². The minimum absolute atomic E-state index is 0.641. The van der Waals surface area contributed by atoms with E-state index in [9.17, 15) is 4.79 Å². The van der Waals surface area contributed by atoms with Gasteiger partial charge >= 0.3 is 0 Å². The lowest BCUT2D eigenvalue weighted by atomic mass is 10.2. The predicted octanol–water partition coefficient (Wildman–Crippen LogP) is 1.20. The Morgan fingerprint density at radius 1 is 1.38 bits per heavy atom. The normalized spacial score (nSPS) is 9.85. The predicted molar refractivity (Wildman–Crippen MR) is 49.2 cm³/mol. The van der Waals surface area contributed by atoms with E-state index in [1.165, 1.54) is 6.33 Å². The maximum atomic E-state index is 10.3. The summed E-state index contributed by atoms with van der Waals surface area (Å²) in [5.41, 5.74) is 1.55. The summed E-state index contributed by atoms with van der Waals surface area (Å²) in [5.74, 6) is 0. The molecule has 1 N–H and O–H groups in total. The molecule has 64 valence electrons. The van der Waals surface area contributed by atoms with Crippen LogP contribution in [-0.2, 0) is 4.79 Å². The Morgan fingerprint density at radius 3 is 3.15 bits per heavy atom. The van der Waals surface area contributed by atoms with Gasteiger partial charge < -0.3 is 5.32 Å². The first-order valence-corrected chi connectivity index (χ1v) is 3.81. The van der Waals surface area contributed by atoms with Gasteiger partial charge in [0.25, 0.3) is 0 Å². The van der Waals surface area contributed by atoms with Gasteiger partial charge in [0.1, 0.15) is 6.33 Å². The Hall–Kier alpha value is -1.97.